The van der Waals surface area contributed by atoms with E-state index in [0.29, 0.717) is 5.02 Å². The Hall–Kier alpha value is -2.16. The quantitative estimate of drug-likeness (QED) is 0.503. The standard InChI is InChI=1S/C13H11ClN2O5S/c1-8-2-4-10(11(14)6-8)13(17)16-15-7-9-3-5-12(21-9)22(18,19)20/h2-7H,1H3,(H,16,17)(H,18,19,20)/b15-7+. The van der Waals surface area contributed by atoms with Gasteiger partial charge in [0.1, 0.15) is 5.76 Å². The highest BCUT2D eigenvalue weighted by atomic mass is 35.5. The number of hydrogen-bond acceptors (Lipinski definition) is 5. The van der Waals surface area contributed by atoms with Crippen molar-refractivity contribution in [3.8, 4) is 0 Å². The molecule has 0 saturated heterocycles. The Balaban J connectivity index is 2.06. The van der Waals surface area contributed by atoms with Crippen molar-refractivity contribution < 1.29 is 22.2 Å². The lowest BCUT2D eigenvalue weighted by molar-refractivity contribution is 0.0955. The number of furan rings is 1. The molecule has 1 amide bonds. The van der Waals surface area contributed by atoms with Crippen LogP contribution in [0.3, 0.4) is 0 Å². The average Bonchev–Trinajstić information content (AvgIpc) is 2.87. The van der Waals surface area contributed by atoms with Crippen LogP contribution in [0.1, 0.15) is 21.7 Å². The van der Waals surface area contributed by atoms with Gasteiger partial charge in [-0.05, 0) is 36.8 Å². The third kappa shape index (κ3) is 3.94. The van der Waals surface area contributed by atoms with Crippen LogP contribution in [0.5, 0.6) is 0 Å². The van der Waals surface area contributed by atoms with Gasteiger partial charge in [0, 0.05) is 0 Å². The van der Waals surface area contributed by atoms with Crippen molar-refractivity contribution in [1.29, 1.82) is 0 Å². The number of benzene rings is 1. The van der Waals surface area contributed by atoms with E-state index in [9.17, 15) is 13.2 Å². The lowest BCUT2D eigenvalue weighted by Crippen LogP contribution is -2.18. The summed E-state index contributed by atoms with van der Waals surface area (Å²) in [5, 5.41) is 3.31. The smallest absolute Gasteiger partial charge is 0.328 e. The first-order valence-corrected chi connectivity index (χ1v) is 7.76. The van der Waals surface area contributed by atoms with Gasteiger partial charge in [-0.1, -0.05) is 17.7 Å². The zero-order valence-electron chi connectivity index (χ0n) is 11.3. The Morgan fingerprint density at radius 2 is 2.09 bits per heavy atom. The number of carbonyl (C=O) groups is 1. The van der Waals surface area contributed by atoms with Crippen molar-refractivity contribution in [3.05, 3.63) is 52.2 Å². The zero-order chi connectivity index (χ0) is 16.3. The van der Waals surface area contributed by atoms with Crippen molar-refractivity contribution in [2.75, 3.05) is 0 Å². The SMILES string of the molecule is Cc1ccc(C(=O)N/N=C/c2ccc(S(=O)(=O)O)o2)c(Cl)c1. The minimum Gasteiger partial charge on any atom is -0.441 e. The third-order valence-corrected chi connectivity index (χ3v) is 3.62. The highest BCUT2D eigenvalue weighted by Gasteiger charge is 2.14. The Morgan fingerprint density at radius 3 is 2.68 bits per heavy atom. The molecule has 7 nitrogen and oxygen atoms in total. The van der Waals surface area contributed by atoms with Crippen LogP contribution in [-0.4, -0.2) is 25.1 Å². The molecule has 22 heavy (non-hydrogen) atoms. The molecular weight excluding hydrogens is 332 g/mol. The maximum atomic E-state index is 11.9. The number of halogens is 1. The maximum Gasteiger partial charge on any atom is 0.328 e. The molecule has 2 aromatic rings. The third-order valence-electron chi connectivity index (χ3n) is 2.58. The minimum atomic E-state index is -4.41. The summed E-state index contributed by atoms with van der Waals surface area (Å²) in [4.78, 5) is 11.9. The van der Waals surface area contributed by atoms with Gasteiger partial charge in [-0.15, -0.1) is 0 Å². The molecule has 0 bridgehead atoms. The molecule has 0 aliphatic rings. The second-order valence-corrected chi connectivity index (χ2v) is 6.07. The molecule has 9 heteroatoms. The van der Waals surface area contributed by atoms with Crippen molar-refractivity contribution in [1.82, 2.24) is 5.43 Å². The Kier molecular flexibility index (Phi) is 4.65. The summed E-state index contributed by atoms with van der Waals surface area (Å²) in [5.41, 5.74) is 3.40. The van der Waals surface area contributed by atoms with Crippen molar-refractivity contribution in [2.24, 2.45) is 5.10 Å². The van der Waals surface area contributed by atoms with E-state index in [0.717, 1.165) is 17.8 Å². The topological polar surface area (TPSA) is 109 Å². The molecule has 1 aromatic heterocycles. The summed E-state index contributed by atoms with van der Waals surface area (Å²) in [6.07, 6.45) is 1.09. The number of nitrogens with zero attached hydrogens (tertiary/aromatic N) is 1. The Morgan fingerprint density at radius 1 is 1.36 bits per heavy atom. The highest BCUT2D eigenvalue weighted by Crippen LogP contribution is 2.17. The minimum absolute atomic E-state index is 0.0444. The van der Waals surface area contributed by atoms with Gasteiger partial charge in [-0.25, -0.2) is 5.43 Å². The van der Waals surface area contributed by atoms with Crippen molar-refractivity contribution in [2.45, 2.75) is 12.0 Å². The molecule has 0 spiro atoms. The normalized spacial score (nSPS) is 11.8. The monoisotopic (exact) mass is 342 g/mol. The fourth-order valence-electron chi connectivity index (χ4n) is 1.56. The van der Waals surface area contributed by atoms with Crippen LogP contribution in [0.15, 0.2) is 44.9 Å². The zero-order valence-corrected chi connectivity index (χ0v) is 12.9. The van der Waals surface area contributed by atoms with Crippen LogP contribution in [0.4, 0.5) is 0 Å². The molecule has 0 atom stereocenters. The van der Waals surface area contributed by atoms with Gasteiger partial charge < -0.3 is 4.42 Å². The van der Waals surface area contributed by atoms with Crippen LogP contribution in [0.25, 0.3) is 0 Å². The van der Waals surface area contributed by atoms with E-state index in [-0.39, 0.29) is 11.3 Å². The van der Waals surface area contributed by atoms with Crippen LogP contribution in [-0.2, 0) is 10.1 Å². The molecule has 1 heterocycles. The van der Waals surface area contributed by atoms with Gasteiger partial charge in [0.2, 0.25) is 5.09 Å². The number of hydrogen-bond donors (Lipinski definition) is 2. The van der Waals surface area contributed by atoms with E-state index in [1.807, 2.05) is 6.92 Å². The summed E-state index contributed by atoms with van der Waals surface area (Å²) in [5.74, 6) is -0.481. The Bertz CT molecular complexity index is 842. The van der Waals surface area contributed by atoms with E-state index < -0.39 is 21.1 Å². The predicted octanol–water partition coefficient (Wildman–Crippen LogP) is 2.25. The summed E-state index contributed by atoms with van der Waals surface area (Å²) >= 11 is 5.95. The Labute approximate surface area is 131 Å². The van der Waals surface area contributed by atoms with E-state index in [4.69, 9.17) is 20.6 Å². The molecule has 0 aliphatic heterocycles. The molecule has 0 fully saturated rings. The summed E-state index contributed by atoms with van der Waals surface area (Å²) in [6, 6.07) is 7.28. The lowest BCUT2D eigenvalue weighted by atomic mass is 10.1. The van der Waals surface area contributed by atoms with Crippen molar-refractivity contribution >= 4 is 33.8 Å². The lowest BCUT2D eigenvalue weighted by Gasteiger charge is -2.03. The molecule has 2 N–H and O–H groups in total. The summed E-state index contributed by atoms with van der Waals surface area (Å²) < 4.78 is 35.2. The molecule has 2 rings (SSSR count). The fourth-order valence-corrected chi connectivity index (χ4v) is 2.32. The number of rotatable bonds is 4. The maximum absolute atomic E-state index is 11.9. The van der Waals surface area contributed by atoms with Crippen LogP contribution < -0.4 is 5.43 Å². The second-order valence-electron chi connectivity index (χ2n) is 4.31. The summed E-state index contributed by atoms with van der Waals surface area (Å²) in [7, 11) is -4.41. The van der Waals surface area contributed by atoms with E-state index >= 15 is 0 Å². The van der Waals surface area contributed by atoms with E-state index in [1.54, 1.807) is 18.2 Å². The molecule has 116 valence electrons. The van der Waals surface area contributed by atoms with Gasteiger partial charge in [0.05, 0.1) is 16.8 Å². The van der Waals surface area contributed by atoms with Gasteiger partial charge in [0.25, 0.3) is 5.91 Å². The number of nitrogens with one attached hydrogen (secondary N) is 1. The van der Waals surface area contributed by atoms with Crippen LogP contribution in [0, 0.1) is 6.92 Å². The largest absolute Gasteiger partial charge is 0.441 e. The first kappa shape index (κ1) is 16.2. The second kappa shape index (κ2) is 6.30. The van der Waals surface area contributed by atoms with Gasteiger partial charge >= 0.3 is 10.1 Å². The van der Waals surface area contributed by atoms with Gasteiger partial charge in [-0.2, -0.15) is 13.5 Å². The van der Waals surface area contributed by atoms with Crippen LogP contribution >= 0.6 is 11.6 Å². The number of hydrazone groups is 1. The molecular formula is C13H11ClN2O5S. The first-order chi connectivity index (χ1) is 10.3. The highest BCUT2D eigenvalue weighted by molar-refractivity contribution is 7.85. The molecule has 0 unspecified atom stereocenters. The summed E-state index contributed by atoms with van der Waals surface area (Å²) in [6.45, 7) is 1.84. The number of amides is 1. The fraction of sp³-hybridized carbons (Fsp3) is 0.0769. The van der Waals surface area contributed by atoms with Gasteiger partial charge in [0.15, 0.2) is 0 Å². The molecule has 0 saturated carbocycles. The molecule has 0 radical (unpaired) electrons. The van der Waals surface area contributed by atoms with Gasteiger partial charge in [-0.3, -0.25) is 9.35 Å². The predicted molar refractivity (Wildman–Crippen MR) is 79.8 cm³/mol. The average molecular weight is 343 g/mol. The molecule has 1 aromatic carbocycles. The first-order valence-electron chi connectivity index (χ1n) is 5.94. The van der Waals surface area contributed by atoms with E-state index in [1.165, 1.54) is 6.07 Å². The van der Waals surface area contributed by atoms with Crippen LogP contribution in [0.2, 0.25) is 5.02 Å². The number of aryl methyl sites for hydroxylation is 1. The van der Waals surface area contributed by atoms with E-state index in [2.05, 4.69) is 10.5 Å². The molecule has 0 aliphatic carbocycles. The van der Waals surface area contributed by atoms with Crippen molar-refractivity contribution in [3.63, 3.8) is 0 Å². The number of carbonyl (C=O) groups excluding carboxylic acids is 1.